The van der Waals surface area contributed by atoms with Crippen LogP contribution < -0.4 is 5.32 Å². The van der Waals surface area contributed by atoms with Gasteiger partial charge in [-0.05, 0) is 6.42 Å². The normalized spacial score (nSPS) is 33.3. The molecule has 1 heterocycles. The lowest BCUT2D eigenvalue weighted by atomic mass is 10.1. The molecule has 0 aromatic carbocycles. The summed E-state index contributed by atoms with van der Waals surface area (Å²) in [5, 5.41) is 2.36. The van der Waals surface area contributed by atoms with E-state index in [-0.39, 0.29) is 25.9 Å². The molecule has 1 atom stereocenters. The Morgan fingerprint density at radius 3 is 2.80 bits per heavy atom. The predicted molar refractivity (Wildman–Crippen MR) is 31.9 cm³/mol. The van der Waals surface area contributed by atoms with Gasteiger partial charge in [0.05, 0.1) is 6.54 Å². The van der Waals surface area contributed by atoms with Crippen LogP contribution in [0.2, 0.25) is 0 Å². The highest BCUT2D eigenvalue weighted by molar-refractivity contribution is 4.77. The average molecular weight is 153 g/mol. The highest BCUT2D eigenvalue weighted by Crippen LogP contribution is 2.23. The zero-order valence-corrected chi connectivity index (χ0v) is 5.54. The first-order valence-corrected chi connectivity index (χ1v) is 3.33. The molecule has 0 amide bonds. The Hall–Kier alpha value is -0.250. The van der Waals surface area contributed by atoms with E-state index in [9.17, 15) is 13.2 Å². The first kappa shape index (κ1) is 7.85. The molecule has 0 spiro atoms. The van der Waals surface area contributed by atoms with E-state index in [1.54, 1.807) is 0 Å². The van der Waals surface area contributed by atoms with Gasteiger partial charge >= 0.3 is 0 Å². The molecular weight excluding hydrogens is 143 g/mol. The van der Waals surface area contributed by atoms with Crippen molar-refractivity contribution in [2.24, 2.45) is 0 Å². The van der Waals surface area contributed by atoms with Crippen molar-refractivity contribution in [3.05, 3.63) is 0 Å². The third kappa shape index (κ3) is 2.17. The summed E-state index contributed by atoms with van der Waals surface area (Å²) in [7, 11) is 0. The fourth-order valence-electron chi connectivity index (χ4n) is 0.970. The van der Waals surface area contributed by atoms with Crippen LogP contribution in [0, 0.1) is 0 Å². The smallest absolute Gasteiger partial charge is 0.260 e. The molecule has 0 aromatic rings. The van der Waals surface area contributed by atoms with Crippen LogP contribution in [0.4, 0.5) is 13.2 Å². The lowest BCUT2D eigenvalue weighted by Crippen LogP contribution is -2.31. The first-order valence-electron chi connectivity index (χ1n) is 3.33. The molecule has 10 heavy (non-hydrogen) atoms. The van der Waals surface area contributed by atoms with E-state index >= 15 is 0 Å². The second-order valence-electron chi connectivity index (χ2n) is 2.62. The van der Waals surface area contributed by atoms with E-state index in [1.807, 2.05) is 0 Å². The first-order chi connectivity index (χ1) is 4.60. The summed E-state index contributed by atoms with van der Waals surface area (Å²) in [5.74, 6) is -2.71. The SMILES string of the molecule is FC1CCC(F)(F)CNC1. The third-order valence-electron chi connectivity index (χ3n) is 1.57. The molecule has 0 bridgehead atoms. The average Bonchev–Trinajstić information content (AvgIpc) is 1.94. The Bertz CT molecular complexity index is 116. The maximum absolute atomic E-state index is 12.4. The molecule has 0 saturated carbocycles. The van der Waals surface area contributed by atoms with Gasteiger partial charge in [-0.1, -0.05) is 0 Å². The molecule has 1 nitrogen and oxygen atoms in total. The number of nitrogens with one attached hydrogen (secondary N) is 1. The zero-order valence-electron chi connectivity index (χ0n) is 5.54. The van der Waals surface area contributed by atoms with Gasteiger partial charge in [-0.2, -0.15) is 0 Å². The molecule has 0 radical (unpaired) electrons. The fraction of sp³-hybridized carbons (Fsp3) is 1.00. The van der Waals surface area contributed by atoms with Gasteiger partial charge in [-0.25, -0.2) is 13.2 Å². The summed E-state index contributed by atoms with van der Waals surface area (Å²) < 4.78 is 37.2. The minimum atomic E-state index is -2.71. The Morgan fingerprint density at radius 2 is 2.10 bits per heavy atom. The van der Waals surface area contributed by atoms with Crippen molar-refractivity contribution in [3.8, 4) is 0 Å². The van der Waals surface area contributed by atoms with Gasteiger partial charge < -0.3 is 5.32 Å². The minimum absolute atomic E-state index is 0.0278. The van der Waals surface area contributed by atoms with Crippen molar-refractivity contribution in [3.63, 3.8) is 0 Å². The molecule has 0 aromatic heterocycles. The number of rotatable bonds is 0. The third-order valence-corrected chi connectivity index (χ3v) is 1.57. The van der Waals surface area contributed by atoms with Crippen LogP contribution >= 0.6 is 0 Å². The summed E-state index contributed by atoms with van der Waals surface area (Å²) in [6, 6.07) is 0. The standard InChI is InChI=1S/C6H10F3N/c7-5-1-2-6(8,9)4-10-3-5/h5,10H,1-4H2. The predicted octanol–water partition coefficient (Wildman–Crippen LogP) is 1.34. The van der Waals surface area contributed by atoms with Crippen molar-refractivity contribution in [2.75, 3.05) is 13.1 Å². The maximum Gasteiger partial charge on any atom is 0.260 e. The molecule has 1 rings (SSSR count). The molecule has 1 N–H and O–H groups in total. The second kappa shape index (κ2) is 2.78. The zero-order chi connectivity index (χ0) is 7.61. The lowest BCUT2D eigenvalue weighted by molar-refractivity contribution is -0.00319. The largest absolute Gasteiger partial charge is 0.308 e. The van der Waals surface area contributed by atoms with Crippen LogP contribution in [0.3, 0.4) is 0 Å². The molecule has 0 aliphatic carbocycles. The van der Waals surface area contributed by atoms with Crippen molar-refractivity contribution in [1.82, 2.24) is 5.32 Å². The van der Waals surface area contributed by atoms with Crippen molar-refractivity contribution >= 4 is 0 Å². The molecule has 1 aliphatic heterocycles. The molecule has 1 fully saturated rings. The summed E-state index contributed by atoms with van der Waals surface area (Å²) in [6.45, 7) is -0.316. The summed E-state index contributed by atoms with van der Waals surface area (Å²) >= 11 is 0. The van der Waals surface area contributed by atoms with Crippen LogP contribution in [-0.2, 0) is 0 Å². The number of hydrogen-bond donors (Lipinski definition) is 1. The van der Waals surface area contributed by atoms with E-state index < -0.39 is 12.1 Å². The van der Waals surface area contributed by atoms with Gasteiger partial charge in [0.1, 0.15) is 6.17 Å². The highest BCUT2D eigenvalue weighted by atomic mass is 19.3. The summed E-state index contributed by atoms with van der Waals surface area (Å²) in [5.41, 5.74) is 0. The van der Waals surface area contributed by atoms with Gasteiger partial charge in [0.2, 0.25) is 0 Å². The van der Waals surface area contributed by atoms with E-state index in [4.69, 9.17) is 0 Å². The van der Waals surface area contributed by atoms with Crippen LogP contribution in [0.5, 0.6) is 0 Å². The van der Waals surface area contributed by atoms with E-state index in [2.05, 4.69) is 5.32 Å². The van der Waals surface area contributed by atoms with Crippen LogP contribution in [0.15, 0.2) is 0 Å². The highest BCUT2D eigenvalue weighted by Gasteiger charge is 2.32. The number of halogens is 3. The van der Waals surface area contributed by atoms with Gasteiger partial charge in [0.15, 0.2) is 0 Å². The van der Waals surface area contributed by atoms with Gasteiger partial charge in [-0.15, -0.1) is 0 Å². The van der Waals surface area contributed by atoms with E-state index in [1.165, 1.54) is 0 Å². The molecule has 1 unspecified atom stereocenters. The Morgan fingerprint density at radius 1 is 1.40 bits per heavy atom. The van der Waals surface area contributed by atoms with Crippen molar-refractivity contribution < 1.29 is 13.2 Å². The van der Waals surface area contributed by atoms with Crippen LogP contribution in [0.1, 0.15) is 12.8 Å². The fourth-order valence-corrected chi connectivity index (χ4v) is 0.970. The summed E-state index contributed by atoms with van der Waals surface area (Å²) in [6.07, 6.45) is -1.46. The lowest BCUT2D eigenvalue weighted by Gasteiger charge is -2.11. The Labute approximate surface area is 57.6 Å². The Kier molecular flexibility index (Phi) is 2.18. The molecule has 60 valence electrons. The molecule has 1 aliphatic rings. The quantitative estimate of drug-likeness (QED) is 0.553. The molecule has 1 saturated heterocycles. The van der Waals surface area contributed by atoms with Crippen molar-refractivity contribution in [2.45, 2.75) is 24.9 Å². The van der Waals surface area contributed by atoms with Crippen LogP contribution in [0.25, 0.3) is 0 Å². The minimum Gasteiger partial charge on any atom is -0.308 e. The van der Waals surface area contributed by atoms with Gasteiger partial charge in [0.25, 0.3) is 5.92 Å². The number of alkyl halides is 3. The summed E-state index contributed by atoms with van der Waals surface area (Å²) in [4.78, 5) is 0. The monoisotopic (exact) mass is 153 g/mol. The molecule has 4 heteroatoms. The number of hydrogen-bond acceptors (Lipinski definition) is 1. The van der Waals surface area contributed by atoms with Gasteiger partial charge in [-0.3, -0.25) is 0 Å². The van der Waals surface area contributed by atoms with E-state index in [0.717, 1.165) is 0 Å². The Balaban J connectivity index is 2.41. The topological polar surface area (TPSA) is 12.0 Å². The van der Waals surface area contributed by atoms with Crippen molar-refractivity contribution in [1.29, 1.82) is 0 Å². The maximum atomic E-state index is 12.4. The molecular formula is C6H10F3N. The van der Waals surface area contributed by atoms with Gasteiger partial charge in [0, 0.05) is 13.0 Å². The second-order valence-corrected chi connectivity index (χ2v) is 2.62. The van der Waals surface area contributed by atoms with E-state index in [0.29, 0.717) is 0 Å². The van der Waals surface area contributed by atoms with Crippen LogP contribution in [-0.4, -0.2) is 25.2 Å².